The smallest absolute Gasteiger partial charge is 0.406 e. The van der Waals surface area contributed by atoms with Gasteiger partial charge in [-0.1, -0.05) is 0 Å². The molecule has 0 spiro atoms. The number of hydrogen-bond donors (Lipinski definition) is 1. The van der Waals surface area contributed by atoms with Crippen molar-refractivity contribution in [1.29, 1.82) is 0 Å². The Kier molecular flexibility index (Phi) is 4.36. The molecule has 0 unspecified atom stereocenters. The van der Waals surface area contributed by atoms with Crippen LogP contribution in [0.2, 0.25) is 0 Å². The Morgan fingerprint density at radius 1 is 1.48 bits per heavy atom. The summed E-state index contributed by atoms with van der Waals surface area (Å²) in [5, 5.41) is 13.3. The zero-order valence-electron chi connectivity index (χ0n) is 11.5. The molecule has 1 aromatic carbocycles. The Balaban J connectivity index is 2.14. The molecule has 112 valence electrons. The summed E-state index contributed by atoms with van der Waals surface area (Å²) in [4.78, 5) is 34.8. The Morgan fingerprint density at radius 2 is 2.24 bits per heavy atom. The van der Waals surface area contributed by atoms with Crippen molar-refractivity contribution >= 4 is 23.4 Å². The second kappa shape index (κ2) is 6.21. The standard InChI is InChI=1S/C13H15N3O5/c1-21-13(18)14-6-7-15-11-4-3-10(16(19)20)8-9(11)2-5-12(15)17/h3-4,8H,2,5-7H2,1H3,(H,14,18). The summed E-state index contributed by atoms with van der Waals surface area (Å²) >= 11 is 0. The van der Waals surface area contributed by atoms with Gasteiger partial charge in [-0.2, -0.15) is 0 Å². The van der Waals surface area contributed by atoms with Crippen molar-refractivity contribution in [1.82, 2.24) is 5.32 Å². The molecule has 0 aromatic heterocycles. The van der Waals surface area contributed by atoms with E-state index in [4.69, 9.17) is 0 Å². The summed E-state index contributed by atoms with van der Waals surface area (Å²) in [6.07, 6.45) is 0.215. The number of carbonyl (C=O) groups is 2. The normalized spacial score (nSPS) is 13.6. The molecule has 1 heterocycles. The number of amides is 2. The van der Waals surface area contributed by atoms with Gasteiger partial charge in [0.15, 0.2) is 0 Å². The number of nitrogens with zero attached hydrogens (tertiary/aromatic N) is 2. The highest BCUT2D eigenvalue weighted by Gasteiger charge is 2.25. The van der Waals surface area contributed by atoms with Crippen LogP contribution in [0.15, 0.2) is 18.2 Å². The summed E-state index contributed by atoms with van der Waals surface area (Å²) in [6, 6.07) is 4.43. The molecular weight excluding hydrogens is 278 g/mol. The van der Waals surface area contributed by atoms with Gasteiger partial charge in [-0.3, -0.25) is 14.9 Å². The van der Waals surface area contributed by atoms with Crippen molar-refractivity contribution in [2.45, 2.75) is 12.8 Å². The lowest BCUT2D eigenvalue weighted by Crippen LogP contribution is -2.41. The molecule has 2 rings (SSSR count). The maximum Gasteiger partial charge on any atom is 0.406 e. The number of nitrogens with one attached hydrogen (secondary N) is 1. The van der Waals surface area contributed by atoms with E-state index < -0.39 is 11.0 Å². The third-order valence-electron chi connectivity index (χ3n) is 3.26. The van der Waals surface area contributed by atoms with E-state index in [1.807, 2.05) is 0 Å². The molecular formula is C13H15N3O5. The molecule has 2 amide bonds. The highest BCUT2D eigenvalue weighted by atomic mass is 16.6. The lowest BCUT2D eigenvalue weighted by atomic mass is 10.0. The zero-order chi connectivity index (χ0) is 15.4. The second-order valence-electron chi connectivity index (χ2n) is 4.53. The van der Waals surface area contributed by atoms with Crippen molar-refractivity contribution in [2.75, 3.05) is 25.1 Å². The van der Waals surface area contributed by atoms with Gasteiger partial charge in [0.25, 0.3) is 5.69 Å². The predicted octanol–water partition coefficient (Wildman–Crippen LogP) is 1.23. The molecule has 0 aliphatic carbocycles. The molecule has 0 fully saturated rings. The van der Waals surface area contributed by atoms with Gasteiger partial charge in [-0.25, -0.2) is 4.79 Å². The molecule has 0 saturated heterocycles. The van der Waals surface area contributed by atoms with Gasteiger partial charge in [0.1, 0.15) is 0 Å². The van der Waals surface area contributed by atoms with Crippen LogP contribution in [-0.4, -0.2) is 37.1 Å². The fourth-order valence-electron chi connectivity index (χ4n) is 2.25. The van der Waals surface area contributed by atoms with E-state index >= 15 is 0 Å². The van der Waals surface area contributed by atoms with Crippen LogP contribution in [0.5, 0.6) is 0 Å². The maximum absolute atomic E-state index is 12.0. The van der Waals surface area contributed by atoms with Gasteiger partial charge in [0, 0.05) is 37.3 Å². The van der Waals surface area contributed by atoms with Crippen LogP contribution in [0.1, 0.15) is 12.0 Å². The molecule has 1 N–H and O–H groups in total. The number of benzene rings is 1. The minimum Gasteiger partial charge on any atom is -0.453 e. The molecule has 0 radical (unpaired) electrons. The molecule has 21 heavy (non-hydrogen) atoms. The van der Waals surface area contributed by atoms with Crippen LogP contribution < -0.4 is 10.2 Å². The van der Waals surface area contributed by atoms with Gasteiger partial charge in [0.05, 0.1) is 12.0 Å². The number of nitro benzene ring substituents is 1. The van der Waals surface area contributed by atoms with Crippen LogP contribution in [0.4, 0.5) is 16.2 Å². The van der Waals surface area contributed by atoms with Crippen molar-refractivity contribution in [2.24, 2.45) is 0 Å². The zero-order valence-corrected chi connectivity index (χ0v) is 11.5. The van der Waals surface area contributed by atoms with E-state index in [9.17, 15) is 19.7 Å². The minimum atomic E-state index is -0.566. The monoisotopic (exact) mass is 293 g/mol. The predicted molar refractivity (Wildman–Crippen MR) is 74.2 cm³/mol. The fourth-order valence-corrected chi connectivity index (χ4v) is 2.25. The first kappa shape index (κ1) is 14.8. The Morgan fingerprint density at radius 3 is 2.90 bits per heavy atom. The summed E-state index contributed by atoms with van der Waals surface area (Å²) in [5.74, 6) is -0.0666. The van der Waals surface area contributed by atoms with E-state index in [-0.39, 0.29) is 18.1 Å². The number of hydrogen-bond acceptors (Lipinski definition) is 5. The number of aryl methyl sites for hydroxylation is 1. The molecule has 1 aliphatic heterocycles. The lowest BCUT2D eigenvalue weighted by molar-refractivity contribution is -0.384. The quantitative estimate of drug-likeness (QED) is 0.664. The van der Waals surface area contributed by atoms with E-state index in [0.29, 0.717) is 25.1 Å². The molecule has 0 atom stereocenters. The van der Waals surface area contributed by atoms with Crippen LogP contribution >= 0.6 is 0 Å². The van der Waals surface area contributed by atoms with E-state index in [1.54, 1.807) is 6.07 Å². The van der Waals surface area contributed by atoms with Gasteiger partial charge >= 0.3 is 6.09 Å². The minimum absolute atomic E-state index is 0.00994. The van der Waals surface area contributed by atoms with Gasteiger partial charge < -0.3 is 15.0 Å². The number of ether oxygens (including phenoxy) is 1. The average molecular weight is 293 g/mol. The first-order valence-electron chi connectivity index (χ1n) is 6.42. The van der Waals surface area contributed by atoms with Crippen LogP contribution in [0.25, 0.3) is 0 Å². The molecule has 0 saturated carbocycles. The average Bonchev–Trinajstić information content (AvgIpc) is 2.48. The molecule has 0 bridgehead atoms. The van der Waals surface area contributed by atoms with Gasteiger partial charge in [-0.15, -0.1) is 0 Å². The van der Waals surface area contributed by atoms with Crippen LogP contribution in [-0.2, 0) is 16.0 Å². The Hall–Kier alpha value is -2.64. The summed E-state index contributed by atoms with van der Waals surface area (Å²) in [6.45, 7) is 0.535. The third kappa shape index (κ3) is 3.28. The fraction of sp³-hybridized carbons (Fsp3) is 0.385. The summed E-state index contributed by atoms with van der Waals surface area (Å²) in [5.41, 5.74) is 1.43. The van der Waals surface area contributed by atoms with E-state index in [2.05, 4.69) is 10.1 Å². The number of carbonyl (C=O) groups excluding carboxylic acids is 2. The largest absolute Gasteiger partial charge is 0.453 e. The first-order chi connectivity index (χ1) is 10.0. The molecule has 1 aliphatic rings. The second-order valence-corrected chi connectivity index (χ2v) is 4.53. The van der Waals surface area contributed by atoms with Crippen LogP contribution in [0, 0.1) is 10.1 Å². The number of rotatable bonds is 4. The SMILES string of the molecule is COC(=O)NCCN1C(=O)CCc2cc([N+](=O)[O-])ccc21. The highest BCUT2D eigenvalue weighted by Crippen LogP contribution is 2.30. The number of nitro groups is 1. The van der Waals surface area contributed by atoms with Gasteiger partial charge in [0.2, 0.25) is 5.91 Å². The number of methoxy groups -OCH3 is 1. The van der Waals surface area contributed by atoms with Crippen molar-refractivity contribution in [3.63, 3.8) is 0 Å². The Bertz CT molecular complexity index is 587. The number of anilines is 1. The number of fused-ring (bicyclic) bond motifs is 1. The van der Waals surface area contributed by atoms with Crippen molar-refractivity contribution in [3.8, 4) is 0 Å². The van der Waals surface area contributed by atoms with Gasteiger partial charge in [-0.05, 0) is 18.1 Å². The molecule has 8 nitrogen and oxygen atoms in total. The third-order valence-corrected chi connectivity index (χ3v) is 3.26. The first-order valence-corrected chi connectivity index (χ1v) is 6.42. The maximum atomic E-state index is 12.0. The van der Waals surface area contributed by atoms with Crippen molar-refractivity contribution in [3.05, 3.63) is 33.9 Å². The highest BCUT2D eigenvalue weighted by molar-refractivity contribution is 5.96. The molecule has 1 aromatic rings. The van der Waals surface area contributed by atoms with E-state index in [0.717, 1.165) is 5.56 Å². The Labute approximate surface area is 120 Å². The lowest BCUT2D eigenvalue weighted by Gasteiger charge is -2.29. The number of alkyl carbamates (subject to hydrolysis) is 1. The summed E-state index contributed by atoms with van der Waals surface area (Å²) < 4.78 is 4.45. The molecule has 8 heteroatoms. The van der Waals surface area contributed by atoms with Crippen molar-refractivity contribution < 1.29 is 19.2 Å². The summed E-state index contributed by atoms with van der Waals surface area (Å²) in [7, 11) is 1.26. The van der Waals surface area contributed by atoms with E-state index in [1.165, 1.54) is 24.1 Å². The number of non-ortho nitro benzene ring substituents is 1. The topological polar surface area (TPSA) is 102 Å². The van der Waals surface area contributed by atoms with Crippen LogP contribution in [0.3, 0.4) is 0 Å².